The molecule has 0 bridgehead atoms. The number of carbonyl (C=O) groups excluding carboxylic acids is 2. The molecule has 2 N–H and O–H groups in total. The Balaban J connectivity index is -0.000000411. The zero-order chi connectivity index (χ0) is 20.6. The molecule has 0 heterocycles. The van der Waals surface area contributed by atoms with Crippen molar-refractivity contribution in [3.8, 4) is 0 Å². The molecule has 2 atom stereocenters. The van der Waals surface area contributed by atoms with Gasteiger partial charge in [-0.25, -0.2) is 0 Å². The summed E-state index contributed by atoms with van der Waals surface area (Å²) >= 11 is 0. The first kappa shape index (κ1) is 32.2. The van der Waals surface area contributed by atoms with E-state index in [0.29, 0.717) is 25.9 Å². The van der Waals surface area contributed by atoms with E-state index in [9.17, 15) is 28.5 Å². The van der Waals surface area contributed by atoms with Crippen LogP contribution in [0.3, 0.4) is 0 Å². The molecule has 0 aromatic rings. The van der Waals surface area contributed by atoms with E-state index in [1.807, 2.05) is 0 Å². The summed E-state index contributed by atoms with van der Waals surface area (Å²) < 4.78 is 30.8. The summed E-state index contributed by atoms with van der Waals surface area (Å²) in [5, 5.41) is 5.08. The molecule has 0 aliphatic heterocycles. The summed E-state index contributed by atoms with van der Waals surface area (Å²) in [5.74, 6) is -0.249. The van der Waals surface area contributed by atoms with Gasteiger partial charge in [0.05, 0.1) is 13.2 Å². The van der Waals surface area contributed by atoms with E-state index in [2.05, 4.69) is 19.7 Å². The normalized spacial score (nSPS) is 14.4. The van der Waals surface area contributed by atoms with Crippen molar-refractivity contribution < 1.29 is 37.6 Å². The fraction of sp³-hybridized carbons (Fsp3) is 0.857. The standard InChI is InChI=1S/2C7H16NO4P.Ca/c2*1-3-13(10,11)12-6-4-5-8-7(2)9;/h2*3-6H2,1-2H3,(H,8,9)(H,10,11);/q;;+2/p-2. The van der Waals surface area contributed by atoms with E-state index in [0.717, 1.165) is 0 Å². The summed E-state index contributed by atoms with van der Waals surface area (Å²) in [6, 6.07) is 0. The Morgan fingerprint density at radius 2 is 1.11 bits per heavy atom. The second-order valence-corrected chi connectivity index (χ2v) is 9.42. The molecule has 0 aromatic heterocycles. The third-order valence-corrected chi connectivity index (χ3v) is 5.44. The smallest absolute Gasteiger partial charge is 0.779 e. The van der Waals surface area contributed by atoms with Gasteiger partial charge in [-0.1, -0.05) is 13.8 Å². The van der Waals surface area contributed by atoms with Crippen molar-refractivity contribution >= 4 is 64.7 Å². The maximum atomic E-state index is 10.8. The molecule has 10 nitrogen and oxygen atoms in total. The molecule has 0 spiro atoms. The molecular formula is C14H30CaN2O8P2. The Kier molecular flexibility index (Phi) is 22.1. The Morgan fingerprint density at radius 1 is 0.815 bits per heavy atom. The Bertz CT molecular complexity index is 464. The Labute approximate surface area is 191 Å². The zero-order valence-corrected chi connectivity index (χ0v) is 20.5. The molecule has 0 saturated heterocycles. The molecule has 2 amide bonds. The molecular weight excluding hydrogens is 426 g/mol. The Morgan fingerprint density at radius 3 is 1.33 bits per heavy atom. The van der Waals surface area contributed by atoms with Crippen molar-refractivity contribution in [3.63, 3.8) is 0 Å². The third-order valence-electron chi connectivity index (χ3n) is 2.74. The first-order valence-electron chi connectivity index (χ1n) is 8.33. The van der Waals surface area contributed by atoms with Gasteiger partial charge in [0.15, 0.2) is 0 Å². The van der Waals surface area contributed by atoms with Crippen molar-refractivity contribution in [3.05, 3.63) is 0 Å². The third kappa shape index (κ3) is 26.5. The van der Waals surface area contributed by atoms with E-state index in [4.69, 9.17) is 0 Å². The van der Waals surface area contributed by atoms with Gasteiger partial charge in [-0.15, -0.1) is 0 Å². The number of rotatable bonds is 12. The monoisotopic (exact) mass is 456 g/mol. The summed E-state index contributed by atoms with van der Waals surface area (Å²) in [6.45, 7) is 7.03. The fourth-order valence-corrected chi connectivity index (χ4v) is 2.44. The molecule has 0 aromatic carbocycles. The molecule has 0 saturated carbocycles. The van der Waals surface area contributed by atoms with E-state index in [1.165, 1.54) is 27.7 Å². The average molecular weight is 456 g/mol. The second-order valence-electron chi connectivity index (χ2n) is 5.19. The molecule has 2 unspecified atom stereocenters. The van der Waals surface area contributed by atoms with Crippen LogP contribution in [0.2, 0.25) is 0 Å². The van der Waals surface area contributed by atoms with Crippen LogP contribution >= 0.6 is 15.2 Å². The predicted octanol–water partition coefficient (Wildman–Crippen LogP) is -0.176. The summed E-state index contributed by atoms with van der Waals surface area (Å²) in [4.78, 5) is 42.4. The van der Waals surface area contributed by atoms with Gasteiger partial charge < -0.3 is 38.6 Å². The molecule has 0 radical (unpaired) electrons. The zero-order valence-electron chi connectivity index (χ0n) is 16.5. The van der Waals surface area contributed by atoms with Crippen LogP contribution in [0.1, 0.15) is 40.5 Å². The largest absolute Gasteiger partial charge is 2.00 e. The number of nitrogens with one attached hydrogen (secondary N) is 2. The second kappa shape index (κ2) is 18.5. The van der Waals surface area contributed by atoms with Crippen LogP contribution in [-0.4, -0.2) is 88.2 Å². The topological polar surface area (TPSA) is 157 Å². The van der Waals surface area contributed by atoms with Gasteiger partial charge in [0.1, 0.15) is 15.2 Å². The molecule has 0 aliphatic rings. The fourth-order valence-electron chi connectivity index (χ4n) is 1.26. The van der Waals surface area contributed by atoms with E-state index >= 15 is 0 Å². The van der Waals surface area contributed by atoms with Gasteiger partial charge in [-0.3, -0.25) is 9.59 Å². The van der Waals surface area contributed by atoms with Gasteiger partial charge in [-0.2, -0.15) is 0 Å². The van der Waals surface area contributed by atoms with Crippen LogP contribution in [0, 0.1) is 0 Å². The predicted molar refractivity (Wildman–Crippen MR) is 101 cm³/mol. The van der Waals surface area contributed by atoms with E-state index in [-0.39, 0.29) is 75.1 Å². The number of hydrogen-bond acceptors (Lipinski definition) is 8. The van der Waals surface area contributed by atoms with Gasteiger partial charge in [0.25, 0.3) is 0 Å². The maximum Gasteiger partial charge on any atom is 2.00 e. The van der Waals surface area contributed by atoms with Crippen LogP contribution in [0.15, 0.2) is 0 Å². The number of carbonyl (C=O) groups is 2. The van der Waals surface area contributed by atoms with Gasteiger partial charge in [0, 0.05) is 39.3 Å². The first-order valence-corrected chi connectivity index (χ1v) is 11.8. The summed E-state index contributed by atoms with van der Waals surface area (Å²) in [7, 11) is -7.20. The van der Waals surface area contributed by atoms with Crippen LogP contribution in [-0.2, 0) is 27.8 Å². The van der Waals surface area contributed by atoms with Gasteiger partial charge in [-0.05, 0) is 12.8 Å². The average Bonchev–Trinajstić information content (AvgIpc) is 2.54. The molecule has 27 heavy (non-hydrogen) atoms. The summed E-state index contributed by atoms with van der Waals surface area (Å²) in [5.41, 5.74) is 0. The number of amides is 2. The molecule has 0 aliphatic carbocycles. The van der Waals surface area contributed by atoms with Gasteiger partial charge >= 0.3 is 37.7 Å². The van der Waals surface area contributed by atoms with Crippen molar-refractivity contribution in [2.24, 2.45) is 0 Å². The van der Waals surface area contributed by atoms with E-state index in [1.54, 1.807) is 0 Å². The minimum Gasteiger partial charge on any atom is -0.779 e. The minimum absolute atomic E-state index is 0. The van der Waals surface area contributed by atoms with Crippen molar-refractivity contribution in [1.82, 2.24) is 10.6 Å². The Hall–Kier alpha value is 0.500. The molecule has 13 heteroatoms. The maximum absolute atomic E-state index is 10.8. The van der Waals surface area contributed by atoms with Crippen LogP contribution in [0.4, 0.5) is 0 Å². The quantitative estimate of drug-likeness (QED) is 0.233. The van der Waals surface area contributed by atoms with Crippen LogP contribution in [0.25, 0.3) is 0 Å². The molecule has 0 fully saturated rings. The van der Waals surface area contributed by atoms with Crippen LogP contribution in [0.5, 0.6) is 0 Å². The van der Waals surface area contributed by atoms with Crippen LogP contribution < -0.4 is 20.4 Å². The van der Waals surface area contributed by atoms with E-state index < -0.39 is 15.2 Å². The SMILES string of the molecule is CCP(=O)([O-])OCCCNC(C)=O.CCP(=O)([O-])OCCCNC(C)=O.[Ca+2]. The van der Waals surface area contributed by atoms with Crippen molar-refractivity contribution in [2.75, 3.05) is 38.6 Å². The van der Waals surface area contributed by atoms with Crippen molar-refractivity contribution in [1.29, 1.82) is 0 Å². The summed E-state index contributed by atoms with van der Waals surface area (Å²) in [6.07, 6.45) is 1.03. The first-order chi connectivity index (χ1) is 12.0. The number of hydrogen-bond donors (Lipinski definition) is 2. The minimum atomic E-state index is -3.60. The molecule has 156 valence electrons. The van der Waals surface area contributed by atoms with Crippen molar-refractivity contribution in [2.45, 2.75) is 40.5 Å². The molecule has 0 rings (SSSR count). The van der Waals surface area contributed by atoms with Gasteiger partial charge in [0.2, 0.25) is 11.8 Å².